The minimum absolute atomic E-state index is 0.0228. The van der Waals surface area contributed by atoms with Crippen LogP contribution in [0.2, 0.25) is 0 Å². The lowest BCUT2D eigenvalue weighted by molar-refractivity contribution is -0.385. The Morgan fingerprint density at radius 3 is 2.81 bits per heavy atom. The quantitative estimate of drug-likeness (QED) is 0.625. The number of hydrogen-bond donors (Lipinski definition) is 1. The van der Waals surface area contributed by atoms with Crippen molar-refractivity contribution < 1.29 is 14.5 Å². The number of nitrogens with one attached hydrogen (secondary N) is 1. The van der Waals surface area contributed by atoms with Gasteiger partial charge in [-0.3, -0.25) is 15.4 Å². The van der Waals surface area contributed by atoms with E-state index in [0.717, 1.165) is 0 Å². The number of amides is 1. The third-order valence-electron chi connectivity index (χ3n) is 1.78. The molecule has 0 heterocycles. The number of hydrogen-bond acceptors (Lipinski definition) is 4. The summed E-state index contributed by atoms with van der Waals surface area (Å²) in [6.45, 7) is 0. The summed E-state index contributed by atoms with van der Waals surface area (Å²) in [5.74, 6) is 0. The summed E-state index contributed by atoms with van der Waals surface area (Å²) in [5, 5.41) is 12.9. The van der Waals surface area contributed by atoms with E-state index < -0.39 is 11.0 Å². The minimum atomic E-state index is -0.630. The Morgan fingerprint density at radius 1 is 1.50 bits per heavy atom. The van der Waals surface area contributed by atoms with E-state index in [4.69, 9.17) is 0 Å². The molecule has 0 aromatic heterocycles. The van der Waals surface area contributed by atoms with Crippen molar-refractivity contribution in [3.63, 3.8) is 0 Å². The van der Waals surface area contributed by atoms with E-state index in [1.807, 2.05) is 0 Å². The van der Waals surface area contributed by atoms with Crippen molar-refractivity contribution in [2.24, 2.45) is 0 Å². The molecule has 1 rings (SSSR count). The Kier molecular flexibility index (Phi) is 4.02. The van der Waals surface area contributed by atoms with Gasteiger partial charge in [0.2, 0.25) is 0 Å². The standard InChI is InChI=1S/C10H10N2O4/c1-16-10(13)11-7-6-8-4-2-3-5-9(8)12(14)15/h2-7H,1H3,(H,11,13). The highest BCUT2D eigenvalue weighted by Gasteiger charge is 2.08. The molecule has 0 radical (unpaired) electrons. The van der Waals surface area contributed by atoms with Crippen molar-refractivity contribution >= 4 is 17.9 Å². The predicted molar refractivity (Wildman–Crippen MR) is 57.7 cm³/mol. The van der Waals surface area contributed by atoms with Crippen molar-refractivity contribution in [1.29, 1.82) is 0 Å². The van der Waals surface area contributed by atoms with E-state index in [-0.39, 0.29) is 5.69 Å². The highest BCUT2D eigenvalue weighted by Crippen LogP contribution is 2.18. The fourth-order valence-corrected chi connectivity index (χ4v) is 1.05. The second-order valence-corrected chi connectivity index (χ2v) is 2.79. The highest BCUT2D eigenvalue weighted by molar-refractivity contribution is 5.70. The van der Waals surface area contributed by atoms with Gasteiger partial charge >= 0.3 is 6.09 Å². The van der Waals surface area contributed by atoms with E-state index in [0.29, 0.717) is 5.56 Å². The van der Waals surface area contributed by atoms with Crippen LogP contribution in [0.1, 0.15) is 5.56 Å². The summed E-state index contributed by atoms with van der Waals surface area (Å²) in [7, 11) is 1.23. The number of ether oxygens (including phenoxy) is 1. The van der Waals surface area contributed by atoms with Crippen molar-refractivity contribution in [2.45, 2.75) is 0 Å². The molecule has 0 spiro atoms. The Bertz CT molecular complexity index is 429. The van der Waals surface area contributed by atoms with E-state index in [2.05, 4.69) is 10.1 Å². The van der Waals surface area contributed by atoms with Crippen LogP contribution in [0, 0.1) is 10.1 Å². The summed E-state index contributed by atoms with van der Waals surface area (Å²) in [5.41, 5.74) is 0.384. The number of rotatable bonds is 3. The molecule has 0 atom stereocenters. The molecular formula is C10H10N2O4. The van der Waals surface area contributed by atoms with Gasteiger partial charge in [0.25, 0.3) is 5.69 Å². The molecule has 1 aromatic rings. The Morgan fingerprint density at radius 2 is 2.19 bits per heavy atom. The molecule has 6 heteroatoms. The van der Waals surface area contributed by atoms with Crippen molar-refractivity contribution in [3.8, 4) is 0 Å². The molecule has 1 amide bonds. The molecule has 16 heavy (non-hydrogen) atoms. The Labute approximate surface area is 91.7 Å². The van der Waals surface area contributed by atoms with Crippen LogP contribution in [0.25, 0.3) is 6.08 Å². The largest absolute Gasteiger partial charge is 0.453 e. The SMILES string of the molecule is COC(=O)NC=Cc1ccccc1[N+](=O)[O-]. The zero-order valence-electron chi connectivity index (χ0n) is 8.54. The first-order valence-electron chi connectivity index (χ1n) is 4.39. The normalized spacial score (nSPS) is 10.1. The summed E-state index contributed by atoms with van der Waals surface area (Å²) in [6, 6.07) is 6.21. The zero-order valence-corrected chi connectivity index (χ0v) is 8.54. The van der Waals surface area contributed by atoms with Gasteiger partial charge in [-0.2, -0.15) is 0 Å². The molecule has 6 nitrogen and oxygen atoms in total. The highest BCUT2D eigenvalue weighted by atomic mass is 16.6. The van der Waals surface area contributed by atoms with Gasteiger partial charge in [0, 0.05) is 12.3 Å². The maximum atomic E-state index is 10.7. The van der Waals surface area contributed by atoms with Crippen LogP contribution >= 0.6 is 0 Å². The monoisotopic (exact) mass is 222 g/mol. The van der Waals surface area contributed by atoms with Gasteiger partial charge in [0.15, 0.2) is 0 Å². The van der Waals surface area contributed by atoms with Crippen molar-refractivity contribution in [2.75, 3.05) is 7.11 Å². The molecule has 0 aliphatic carbocycles. The van der Waals surface area contributed by atoms with Crippen LogP contribution in [0.5, 0.6) is 0 Å². The van der Waals surface area contributed by atoms with Gasteiger partial charge in [-0.15, -0.1) is 0 Å². The summed E-state index contributed by atoms with van der Waals surface area (Å²) in [6.07, 6.45) is 2.08. The van der Waals surface area contributed by atoms with Gasteiger partial charge < -0.3 is 4.74 Å². The lowest BCUT2D eigenvalue weighted by Crippen LogP contribution is -2.15. The predicted octanol–water partition coefficient (Wildman–Crippen LogP) is 1.92. The number of carbonyl (C=O) groups is 1. The van der Waals surface area contributed by atoms with Gasteiger partial charge in [0.1, 0.15) is 0 Å². The molecule has 0 saturated heterocycles. The van der Waals surface area contributed by atoms with Gasteiger partial charge in [-0.1, -0.05) is 12.1 Å². The number of nitrogens with zero attached hydrogens (tertiary/aromatic N) is 1. The summed E-state index contributed by atoms with van der Waals surface area (Å²) < 4.78 is 4.33. The molecule has 1 aromatic carbocycles. The molecule has 84 valence electrons. The van der Waals surface area contributed by atoms with Crippen LogP contribution in [-0.4, -0.2) is 18.1 Å². The molecule has 0 bridgehead atoms. The second kappa shape index (κ2) is 5.50. The second-order valence-electron chi connectivity index (χ2n) is 2.79. The topological polar surface area (TPSA) is 81.5 Å². The molecule has 0 unspecified atom stereocenters. The lowest BCUT2D eigenvalue weighted by atomic mass is 10.2. The van der Waals surface area contributed by atoms with Gasteiger partial charge in [-0.25, -0.2) is 4.79 Å². The third kappa shape index (κ3) is 3.09. The Hall–Kier alpha value is -2.37. The molecule has 0 aliphatic rings. The van der Waals surface area contributed by atoms with E-state index in [1.54, 1.807) is 18.2 Å². The van der Waals surface area contributed by atoms with Gasteiger partial charge in [0.05, 0.1) is 17.6 Å². The molecule has 0 aliphatic heterocycles. The van der Waals surface area contributed by atoms with Crippen molar-refractivity contribution in [3.05, 3.63) is 46.1 Å². The molecular weight excluding hydrogens is 212 g/mol. The maximum absolute atomic E-state index is 10.7. The Balaban J connectivity index is 2.80. The van der Waals surface area contributed by atoms with Gasteiger partial charge in [-0.05, 0) is 12.1 Å². The number of nitro benzene ring substituents is 1. The number of benzene rings is 1. The summed E-state index contributed by atoms with van der Waals surface area (Å²) >= 11 is 0. The fraction of sp³-hybridized carbons (Fsp3) is 0.100. The maximum Gasteiger partial charge on any atom is 0.410 e. The first kappa shape index (κ1) is 11.7. The zero-order chi connectivity index (χ0) is 12.0. The van der Waals surface area contributed by atoms with Crippen LogP contribution in [0.15, 0.2) is 30.5 Å². The smallest absolute Gasteiger partial charge is 0.410 e. The van der Waals surface area contributed by atoms with Crippen LogP contribution < -0.4 is 5.32 Å². The first-order chi connectivity index (χ1) is 7.65. The number of methoxy groups -OCH3 is 1. The van der Waals surface area contributed by atoms with Crippen molar-refractivity contribution in [1.82, 2.24) is 5.32 Å². The average molecular weight is 222 g/mol. The number of alkyl carbamates (subject to hydrolysis) is 1. The molecule has 0 fully saturated rings. The van der Waals surface area contributed by atoms with E-state index in [1.165, 1.54) is 25.5 Å². The number of para-hydroxylation sites is 1. The number of carbonyl (C=O) groups excluding carboxylic acids is 1. The minimum Gasteiger partial charge on any atom is -0.453 e. The average Bonchev–Trinajstić information content (AvgIpc) is 2.29. The number of nitro groups is 1. The summed E-state index contributed by atoms with van der Waals surface area (Å²) in [4.78, 5) is 20.8. The molecule has 1 N–H and O–H groups in total. The van der Waals surface area contributed by atoms with Crippen LogP contribution in [-0.2, 0) is 4.74 Å². The first-order valence-corrected chi connectivity index (χ1v) is 4.39. The lowest BCUT2D eigenvalue weighted by Gasteiger charge is -1.97. The fourth-order valence-electron chi connectivity index (χ4n) is 1.05. The van der Waals surface area contributed by atoms with E-state index in [9.17, 15) is 14.9 Å². The van der Waals surface area contributed by atoms with Crippen LogP contribution in [0.4, 0.5) is 10.5 Å². The third-order valence-corrected chi connectivity index (χ3v) is 1.78. The van der Waals surface area contributed by atoms with Crippen LogP contribution in [0.3, 0.4) is 0 Å². The van der Waals surface area contributed by atoms with E-state index >= 15 is 0 Å². The molecule has 0 saturated carbocycles.